The second kappa shape index (κ2) is 6.71. The second-order valence-electron chi connectivity index (χ2n) is 5.30. The molecule has 2 rings (SSSR count). The van der Waals surface area contributed by atoms with Gasteiger partial charge >= 0.3 is 11.9 Å². The standard InChI is InChI=1S/C15H13F3N2O4S/c1-25(23,24)13-4-2-3-12(14(13)20(21)22)19-11-7-5-10(6-8-11)9-15(16,17)18/h2-8,19H,9H2,1H3. The lowest BCUT2D eigenvalue weighted by molar-refractivity contribution is -0.386. The molecule has 25 heavy (non-hydrogen) atoms. The van der Waals surface area contributed by atoms with E-state index in [0.29, 0.717) is 5.69 Å². The molecule has 0 fully saturated rings. The highest BCUT2D eigenvalue weighted by Gasteiger charge is 2.28. The van der Waals surface area contributed by atoms with E-state index in [1.807, 2.05) is 0 Å². The van der Waals surface area contributed by atoms with Gasteiger partial charge in [-0.05, 0) is 29.8 Å². The maximum atomic E-state index is 12.3. The van der Waals surface area contributed by atoms with Crippen LogP contribution in [0.15, 0.2) is 47.4 Å². The smallest absolute Gasteiger partial charge is 0.350 e. The molecule has 0 spiro atoms. The zero-order valence-corrected chi connectivity index (χ0v) is 13.7. The highest BCUT2D eigenvalue weighted by Crippen LogP contribution is 2.34. The van der Waals surface area contributed by atoms with Gasteiger partial charge in [-0.15, -0.1) is 0 Å². The Labute approximate surface area is 141 Å². The average Bonchev–Trinajstić information content (AvgIpc) is 2.46. The van der Waals surface area contributed by atoms with Crippen LogP contribution >= 0.6 is 0 Å². The zero-order valence-electron chi connectivity index (χ0n) is 12.9. The fourth-order valence-corrected chi connectivity index (χ4v) is 3.07. The van der Waals surface area contributed by atoms with Gasteiger partial charge in [-0.2, -0.15) is 13.2 Å². The quantitative estimate of drug-likeness (QED) is 0.634. The van der Waals surface area contributed by atoms with Crippen LogP contribution < -0.4 is 5.32 Å². The van der Waals surface area contributed by atoms with E-state index in [2.05, 4.69) is 5.32 Å². The third-order valence-electron chi connectivity index (χ3n) is 3.22. The minimum absolute atomic E-state index is 0.0393. The second-order valence-corrected chi connectivity index (χ2v) is 7.28. The van der Waals surface area contributed by atoms with Gasteiger partial charge in [-0.25, -0.2) is 8.42 Å². The van der Waals surface area contributed by atoms with Crippen LogP contribution in [0.2, 0.25) is 0 Å². The predicted molar refractivity (Wildman–Crippen MR) is 85.7 cm³/mol. The summed E-state index contributed by atoms with van der Waals surface area (Å²) in [6.45, 7) is 0. The van der Waals surface area contributed by atoms with Crippen molar-refractivity contribution in [1.82, 2.24) is 0 Å². The summed E-state index contributed by atoms with van der Waals surface area (Å²) in [5.74, 6) is 0. The summed E-state index contributed by atoms with van der Waals surface area (Å²) in [7, 11) is -3.83. The fourth-order valence-electron chi connectivity index (χ4n) is 2.20. The van der Waals surface area contributed by atoms with Gasteiger partial charge in [0.25, 0.3) is 0 Å². The number of nitrogens with zero attached hydrogens (tertiary/aromatic N) is 1. The molecule has 0 aliphatic carbocycles. The highest BCUT2D eigenvalue weighted by atomic mass is 32.2. The number of sulfone groups is 1. The van der Waals surface area contributed by atoms with Crippen molar-refractivity contribution in [2.75, 3.05) is 11.6 Å². The first-order valence-electron chi connectivity index (χ1n) is 6.87. The Hall–Kier alpha value is -2.62. The Morgan fingerprint density at radius 2 is 1.72 bits per heavy atom. The number of benzene rings is 2. The molecule has 0 amide bonds. The monoisotopic (exact) mass is 374 g/mol. The minimum atomic E-state index is -4.34. The van der Waals surface area contributed by atoms with E-state index in [9.17, 15) is 31.7 Å². The molecule has 0 saturated carbocycles. The van der Waals surface area contributed by atoms with Gasteiger partial charge in [0, 0.05) is 11.9 Å². The molecule has 6 nitrogen and oxygen atoms in total. The summed E-state index contributed by atoms with van der Waals surface area (Å²) in [5, 5.41) is 13.9. The van der Waals surface area contributed by atoms with Crippen molar-refractivity contribution in [1.29, 1.82) is 0 Å². The first-order valence-corrected chi connectivity index (χ1v) is 8.77. The topological polar surface area (TPSA) is 89.3 Å². The van der Waals surface area contributed by atoms with Crippen LogP contribution in [0.4, 0.5) is 30.2 Å². The maximum absolute atomic E-state index is 12.3. The van der Waals surface area contributed by atoms with E-state index in [1.165, 1.54) is 36.4 Å². The van der Waals surface area contributed by atoms with Crippen LogP contribution in [0.3, 0.4) is 0 Å². The van der Waals surface area contributed by atoms with Crippen molar-refractivity contribution in [3.8, 4) is 0 Å². The van der Waals surface area contributed by atoms with Crippen LogP contribution in [0, 0.1) is 10.1 Å². The van der Waals surface area contributed by atoms with Gasteiger partial charge in [0.1, 0.15) is 10.6 Å². The van der Waals surface area contributed by atoms with Crippen molar-refractivity contribution >= 4 is 26.9 Å². The Balaban J connectivity index is 2.36. The average molecular weight is 374 g/mol. The molecule has 0 aliphatic rings. The van der Waals surface area contributed by atoms with Crippen LogP contribution in [-0.4, -0.2) is 25.8 Å². The molecular formula is C15H13F3N2O4S. The van der Waals surface area contributed by atoms with Gasteiger partial charge in [-0.3, -0.25) is 10.1 Å². The van der Waals surface area contributed by atoms with Crippen LogP contribution in [-0.2, 0) is 16.3 Å². The molecule has 0 atom stereocenters. The van der Waals surface area contributed by atoms with E-state index < -0.39 is 37.9 Å². The number of para-hydroxylation sites is 1. The van der Waals surface area contributed by atoms with Crippen LogP contribution in [0.1, 0.15) is 5.56 Å². The third-order valence-corrected chi connectivity index (χ3v) is 4.35. The summed E-state index contributed by atoms with van der Waals surface area (Å²) in [6, 6.07) is 8.91. The van der Waals surface area contributed by atoms with E-state index in [1.54, 1.807) is 0 Å². The lowest BCUT2D eigenvalue weighted by Crippen LogP contribution is -2.11. The molecule has 0 heterocycles. The molecule has 0 bridgehead atoms. The normalized spacial score (nSPS) is 12.0. The number of nitrogens with one attached hydrogen (secondary N) is 1. The molecular weight excluding hydrogens is 361 g/mol. The van der Waals surface area contributed by atoms with Crippen molar-refractivity contribution in [2.24, 2.45) is 0 Å². The third kappa shape index (κ3) is 4.92. The summed E-state index contributed by atoms with van der Waals surface area (Å²) in [5.41, 5.74) is -0.363. The molecule has 1 N–H and O–H groups in total. The SMILES string of the molecule is CS(=O)(=O)c1cccc(Nc2ccc(CC(F)(F)F)cc2)c1[N+](=O)[O-]. The van der Waals surface area contributed by atoms with E-state index in [-0.39, 0.29) is 11.3 Å². The fraction of sp³-hybridized carbons (Fsp3) is 0.200. The minimum Gasteiger partial charge on any atom is -0.350 e. The maximum Gasteiger partial charge on any atom is 0.393 e. The van der Waals surface area contributed by atoms with E-state index >= 15 is 0 Å². The molecule has 134 valence electrons. The number of nitro benzene ring substituents is 1. The van der Waals surface area contributed by atoms with Gasteiger partial charge in [-0.1, -0.05) is 18.2 Å². The predicted octanol–water partition coefficient (Wildman–Crippen LogP) is 3.85. The number of hydrogen-bond donors (Lipinski definition) is 1. The number of rotatable bonds is 5. The molecule has 0 unspecified atom stereocenters. The van der Waals surface area contributed by atoms with E-state index in [0.717, 1.165) is 12.3 Å². The first kappa shape index (κ1) is 18.7. The molecule has 0 aliphatic heterocycles. The van der Waals surface area contributed by atoms with Crippen LogP contribution in [0.5, 0.6) is 0 Å². The number of hydrogen-bond acceptors (Lipinski definition) is 5. The molecule has 10 heteroatoms. The Morgan fingerprint density at radius 3 is 2.20 bits per heavy atom. The lowest BCUT2D eigenvalue weighted by Gasteiger charge is -2.11. The molecule has 0 aromatic heterocycles. The van der Waals surface area contributed by atoms with Crippen molar-refractivity contribution in [2.45, 2.75) is 17.5 Å². The Bertz CT molecular complexity index is 894. The molecule has 0 saturated heterocycles. The largest absolute Gasteiger partial charge is 0.393 e. The Kier molecular flexibility index (Phi) is 5.02. The number of nitro groups is 1. The lowest BCUT2D eigenvalue weighted by atomic mass is 10.1. The van der Waals surface area contributed by atoms with Gasteiger partial charge in [0.15, 0.2) is 9.84 Å². The van der Waals surface area contributed by atoms with Crippen molar-refractivity contribution in [3.63, 3.8) is 0 Å². The number of alkyl halides is 3. The summed E-state index contributed by atoms with van der Waals surface area (Å²) < 4.78 is 60.4. The zero-order chi connectivity index (χ0) is 18.8. The van der Waals surface area contributed by atoms with E-state index in [4.69, 9.17) is 0 Å². The Morgan fingerprint density at radius 1 is 1.12 bits per heavy atom. The van der Waals surface area contributed by atoms with Gasteiger partial charge in [0.05, 0.1) is 11.3 Å². The number of halogens is 3. The number of anilines is 2. The van der Waals surface area contributed by atoms with Crippen LogP contribution in [0.25, 0.3) is 0 Å². The molecule has 2 aromatic rings. The highest BCUT2D eigenvalue weighted by molar-refractivity contribution is 7.90. The summed E-state index contributed by atoms with van der Waals surface area (Å²) >= 11 is 0. The summed E-state index contributed by atoms with van der Waals surface area (Å²) in [4.78, 5) is 10.00. The van der Waals surface area contributed by atoms with Crippen molar-refractivity contribution in [3.05, 3.63) is 58.1 Å². The summed E-state index contributed by atoms with van der Waals surface area (Å²) in [6.07, 6.45) is -4.57. The molecule has 2 aromatic carbocycles. The van der Waals surface area contributed by atoms with Crippen molar-refractivity contribution < 1.29 is 26.5 Å². The first-order chi connectivity index (χ1) is 11.5. The molecule has 0 radical (unpaired) electrons. The van der Waals surface area contributed by atoms with Gasteiger partial charge in [0.2, 0.25) is 0 Å². The van der Waals surface area contributed by atoms with Gasteiger partial charge < -0.3 is 5.32 Å².